The zero-order valence-electron chi connectivity index (χ0n) is 12.4. The third kappa shape index (κ3) is 3.20. The van der Waals surface area contributed by atoms with Gasteiger partial charge in [0.1, 0.15) is 0 Å². The average molecular weight is 284 g/mol. The second kappa shape index (κ2) is 5.68. The van der Waals surface area contributed by atoms with E-state index >= 15 is 0 Å². The molecule has 0 aliphatic carbocycles. The Morgan fingerprint density at radius 2 is 1.80 bits per heavy atom. The molecule has 0 fully saturated rings. The van der Waals surface area contributed by atoms with Crippen molar-refractivity contribution in [3.63, 3.8) is 0 Å². The topological polar surface area (TPSA) is 35.8 Å². The van der Waals surface area contributed by atoms with Crippen LogP contribution >= 0.6 is 11.3 Å². The van der Waals surface area contributed by atoms with E-state index in [2.05, 4.69) is 37.4 Å². The number of nitrogens with one attached hydrogen (secondary N) is 1. The molecule has 0 radical (unpaired) electrons. The predicted molar refractivity (Wildman–Crippen MR) is 86.2 cm³/mol. The smallest absolute Gasteiger partial charge is 0.0766 e. The molecule has 20 heavy (non-hydrogen) atoms. The molecule has 0 saturated heterocycles. The van der Waals surface area contributed by atoms with Crippen molar-refractivity contribution in [1.82, 2.24) is 0 Å². The first-order valence-electron chi connectivity index (χ1n) is 6.77. The van der Waals surface area contributed by atoms with Gasteiger partial charge in [0.15, 0.2) is 0 Å². The molecule has 2 rings (SSSR count). The van der Waals surface area contributed by atoms with Crippen molar-refractivity contribution in [2.45, 2.75) is 39.2 Å². The van der Waals surface area contributed by atoms with Gasteiger partial charge in [0, 0.05) is 15.4 Å². The Morgan fingerprint density at radius 3 is 2.30 bits per heavy atom. The van der Waals surface area contributed by atoms with Crippen molar-refractivity contribution in [1.29, 1.82) is 5.26 Å². The number of thiophene rings is 1. The van der Waals surface area contributed by atoms with Gasteiger partial charge in [-0.05, 0) is 57.5 Å². The number of nitrogens with zero attached hydrogens (tertiary/aromatic N) is 1. The summed E-state index contributed by atoms with van der Waals surface area (Å²) in [6, 6.07) is 15.1. The summed E-state index contributed by atoms with van der Waals surface area (Å²) < 4.78 is 0. The number of hydrogen-bond donors (Lipinski definition) is 1. The second-order valence-corrected chi connectivity index (χ2v) is 6.95. The lowest BCUT2D eigenvalue weighted by molar-refractivity contribution is 0.687. The van der Waals surface area contributed by atoms with E-state index in [9.17, 15) is 0 Å². The molecule has 0 amide bonds. The molecule has 1 aromatic carbocycles. The largest absolute Gasteiger partial charge is 0.378 e. The highest BCUT2D eigenvalue weighted by Gasteiger charge is 2.19. The quantitative estimate of drug-likeness (QED) is 0.854. The number of rotatable bonds is 4. The van der Waals surface area contributed by atoms with Crippen LogP contribution in [0.3, 0.4) is 0 Å². The third-order valence-corrected chi connectivity index (χ3v) is 4.64. The third-order valence-electron chi connectivity index (χ3n) is 3.46. The minimum Gasteiger partial charge on any atom is -0.378 e. The summed E-state index contributed by atoms with van der Waals surface area (Å²) in [5.74, 6) is 0. The molecule has 1 atom stereocenters. The van der Waals surface area contributed by atoms with Gasteiger partial charge in [-0.1, -0.05) is 12.1 Å². The van der Waals surface area contributed by atoms with Crippen molar-refractivity contribution >= 4 is 17.0 Å². The summed E-state index contributed by atoms with van der Waals surface area (Å²) in [4.78, 5) is 2.67. The molecule has 0 spiro atoms. The van der Waals surface area contributed by atoms with E-state index in [4.69, 9.17) is 5.26 Å². The lowest BCUT2D eigenvalue weighted by atomic mass is 9.86. The van der Waals surface area contributed by atoms with E-state index in [1.54, 1.807) is 0 Å². The molecule has 1 unspecified atom stereocenters. The Balaban J connectivity index is 2.10. The first kappa shape index (κ1) is 14.6. The molecule has 0 saturated carbocycles. The fourth-order valence-corrected chi connectivity index (χ4v) is 2.93. The van der Waals surface area contributed by atoms with Crippen LogP contribution in [0.15, 0.2) is 36.4 Å². The minimum absolute atomic E-state index is 0.295. The Kier molecular flexibility index (Phi) is 4.15. The predicted octanol–water partition coefficient (Wildman–Crippen LogP) is 5.03. The summed E-state index contributed by atoms with van der Waals surface area (Å²) in [6.07, 6.45) is 0. The lowest BCUT2D eigenvalue weighted by Gasteiger charge is -2.18. The SMILES string of the molecule is Cc1ccc(C(C)Nc2ccc(C(C)(C)C#N)cc2)s1. The normalized spacial score (nSPS) is 12.8. The maximum Gasteiger partial charge on any atom is 0.0766 e. The molecule has 0 bridgehead atoms. The summed E-state index contributed by atoms with van der Waals surface area (Å²) in [5.41, 5.74) is 1.70. The van der Waals surface area contributed by atoms with Crippen LogP contribution in [0.5, 0.6) is 0 Å². The molecule has 0 aliphatic heterocycles. The van der Waals surface area contributed by atoms with Gasteiger partial charge in [0.05, 0.1) is 17.5 Å². The van der Waals surface area contributed by atoms with Crippen LogP contribution in [0.25, 0.3) is 0 Å². The van der Waals surface area contributed by atoms with Gasteiger partial charge in [-0.25, -0.2) is 0 Å². The monoisotopic (exact) mass is 284 g/mol. The van der Waals surface area contributed by atoms with Gasteiger partial charge in [0.25, 0.3) is 0 Å². The van der Waals surface area contributed by atoms with Crippen LogP contribution in [0.4, 0.5) is 5.69 Å². The number of nitriles is 1. The maximum atomic E-state index is 9.15. The van der Waals surface area contributed by atoms with E-state index < -0.39 is 5.41 Å². The Labute approximate surface area is 125 Å². The number of benzene rings is 1. The Hall–Kier alpha value is -1.79. The zero-order chi connectivity index (χ0) is 14.8. The molecule has 3 heteroatoms. The fraction of sp³-hybridized carbons (Fsp3) is 0.353. The molecular formula is C17H20N2S. The first-order chi connectivity index (χ1) is 9.42. The van der Waals surface area contributed by atoms with Crippen LogP contribution in [-0.2, 0) is 5.41 Å². The number of aryl methyl sites for hydroxylation is 1. The van der Waals surface area contributed by atoms with E-state index in [1.807, 2.05) is 49.4 Å². The van der Waals surface area contributed by atoms with Crippen LogP contribution in [0.1, 0.15) is 42.1 Å². The highest BCUT2D eigenvalue weighted by molar-refractivity contribution is 7.12. The van der Waals surface area contributed by atoms with Gasteiger partial charge in [-0.3, -0.25) is 0 Å². The molecule has 2 aromatic rings. The van der Waals surface area contributed by atoms with E-state index in [-0.39, 0.29) is 0 Å². The van der Waals surface area contributed by atoms with Crippen molar-refractivity contribution in [2.75, 3.05) is 5.32 Å². The maximum absolute atomic E-state index is 9.15. The molecule has 104 valence electrons. The summed E-state index contributed by atoms with van der Waals surface area (Å²) in [5, 5.41) is 12.6. The molecule has 2 nitrogen and oxygen atoms in total. The van der Waals surface area contributed by atoms with Crippen LogP contribution in [-0.4, -0.2) is 0 Å². The van der Waals surface area contributed by atoms with Gasteiger partial charge < -0.3 is 5.32 Å². The van der Waals surface area contributed by atoms with Crippen molar-refractivity contribution in [3.8, 4) is 6.07 Å². The van der Waals surface area contributed by atoms with Gasteiger partial charge >= 0.3 is 0 Å². The summed E-state index contributed by atoms with van der Waals surface area (Å²) in [7, 11) is 0. The van der Waals surface area contributed by atoms with Crippen molar-refractivity contribution < 1.29 is 0 Å². The zero-order valence-corrected chi connectivity index (χ0v) is 13.2. The van der Waals surface area contributed by atoms with Crippen LogP contribution in [0, 0.1) is 18.3 Å². The average Bonchev–Trinajstić information content (AvgIpc) is 2.86. The Morgan fingerprint density at radius 1 is 1.15 bits per heavy atom. The van der Waals surface area contributed by atoms with E-state index in [0.717, 1.165) is 11.3 Å². The van der Waals surface area contributed by atoms with Crippen molar-refractivity contribution in [2.24, 2.45) is 0 Å². The molecule has 1 N–H and O–H groups in total. The van der Waals surface area contributed by atoms with Crippen LogP contribution in [0.2, 0.25) is 0 Å². The molecular weight excluding hydrogens is 264 g/mol. The molecule has 1 aromatic heterocycles. The summed E-state index contributed by atoms with van der Waals surface area (Å²) >= 11 is 1.82. The number of anilines is 1. The van der Waals surface area contributed by atoms with Gasteiger partial charge in [-0.15, -0.1) is 11.3 Å². The van der Waals surface area contributed by atoms with Crippen LogP contribution < -0.4 is 5.32 Å². The summed E-state index contributed by atoms with van der Waals surface area (Å²) in [6.45, 7) is 8.16. The highest BCUT2D eigenvalue weighted by atomic mass is 32.1. The van der Waals surface area contributed by atoms with Gasteiger partial charge in [0.2, 0.25) is 0 Å². The second-order valence-electron chi connectivity index (χ2n) is 5.63. The Bertz CT molecular complexity index is 617. The fourth-order valence-electron chi connectivity index (χ4n) is 2.05. The molecule has 1 heterocycles. The van der Waals surface area contributed by atoms with E-state index in [1.165, 1.54) is 9.75 Å². The highest BCUT2D eigenvalue weighted by Crippen LogP contribution is 2.27. The van der Waals surface area contributed by atoms with Crippen molar-refractivity contribution in [3.05, 3.63) is 51.7 Å². The minimum atomic E-state index is -0.436. The van der Waals surface area contributed by atoms with E-state index in [0.29, 0.717) is 6.04 Å². The first-order valence-corrected chi connectivity index (χ1v) is 7.59. The molecule has 0 aliphatic rings. The number of hydrogen-bond acceptors (Lipinski definition) is 3. The lowest BCUT2D eigenvalue weighted by Crippen LogP contribution is -2.13. The van der Waals surface area contributed by atoms with Gasteiger partial charge in [-0.2, -0.15) is 5.26 Å². The standard InChI is InChI=1S/C17H20N2S/c1-12-5-10-16(20-12)13(2)19-15-8-6-14(7-9-15)17(3,4)11-18/h5-10,13,19H,1-4H3.